The highest BCUT2D eigenvalue weighted by Crippen LogP contribution is 2.59. The molecule has 0 fully saturated rings. The number of aromatic nitrogens is 1. The predicted molar refractivity (Wildman–Crippen MR) is 211 cm³/mol. The molecule has 0 saturated heterocycles. The maximum absolute atomic E-state index is 10.0. The summed E-state index contributed by atoms with van der Waals surface area (Å²) in [6.07, 6.45) is 5.99. The number of allylic oxidation sites excluding steroid dienone is 1. The van der Waals surface area contributed by atoms with Gasteiger partial charge in [0.2, 0.25) is 0 Å². The van der Waals surface area contributed by atoms with Crippen molar-refractivity contribution in [3.05, 3.63) is 150 Å². The SMILES string of the molecule is CC1C=CC2(C)C(C1)c1ccc3c(sc4ccc(-c5ccc(C#N)cc5-n5c6ccccc6c6cc(C#N)ccc65)cc43)c1N2c1ccccc1. The summed E-state index contributed by atoms with van der Waals surface area (Å²) >= 11 is 1.89. The minimum Gasteiger partial charge on any atom is -0.330 e. The maximum Gasteiger partial charge on any atom is 0.0992 e. The van der Waals surface area contributed by atoms with Gasteiger partial charge in [-0.2, -0.15) is 10.5 Å². The van der Waals surface area contributed by atoms with Gasteiger partial charge in [0, 0.05) is 43.4 Å². The van der Waals surface area contributed by atoms with Crippen LogP contribution in [0.5, 0.6) is 0 Å². The highest BCUT2D eigenvalue weighted by atomic mass is 32.1. The number of nitrogens with zero attached hydrogens (tertiary/aromatic N) is 4. The Morgan fingerprint density at radius 3 is 2.33 bits per heavy atom. The van der Waals surface area contributed by atoms with Crippen LogP contribution in [0.15, 0.2) is 133 Å². The molecule has 3 unspecified atom stereocenters. The van der Waals surface area contributed by atoms with E-state index >= 15 is 0 Å². The Labute approximate surface area is 300 Å². The van der Waals surface area contributed by atoms with E-state index in [2.05, 4.69) is 126 Å². The van der Waals surface area contributed by atoms with Crippen LogP contribution in [0.25, 0.3) is 58.8 Å². The van der Waals surface area contributed by atoms with Gasteiger partial charge in [-0.25, -0.2) is 0 Å². The minimum absolute atomic E-state index is 0.139. The molecule has 6 aromatic carbocycles. The molecule has 51 heavy (non-hydrogen) atoms. The quantitative estimate of drug-likeness (QED) is 0.176. The fraction of sp³-hybridized carbons (Fsp3) is 0.130. The summed E-state index contributed by atoms with van der Waals surface area (Å²) in [5.41, 5.74) is 10.2. The van der Waals surface area contributed by atoms with Crippen molar-refractivity contribution >= 4 is 64.7 Å². The number of hydrogen-bond acceptors (Lipinski definition) is 4. The molecular weight excluding hydrogens is 641 g/mol. The molecule has 3 atom stereocenters. The van der Waals surface area contributed by atoms with Crippen LogP contribution < -0.4 is 4.90 Å². The van der Waals surface area contributed by atoms with Crippen molar-refractivity contribution in [3.8, 4) is 29.0 Å². The standard InChI is InChI=1S/C46H32N4S/c1-28-20-21-46(2)39(22-28)36-17-16-35-38-25-31(14-19-43(38)51-45(35)44(36)50(46)32-8-4-3-5-9-32)33-15-12-30(27-48)24-42(33)49-40-11-7-6-10-34(40)37-23-29(26-47)13-18-41(37)49/h3-21,23-25,28,39H,22H2,1-2H3. The van der Waals surface area contributed by atoms with Crippen LogP contribution in [0, 0.1) is 28.6 Å². The molecule has 8 aromatic rings. The monoisotopic (exact) mass is 672 g/mol. The number of anilines is 2. The van der Waals surface area contributed by atoms with E-state index in [0.29, 0.717) is 23.0 Å². The average molecular weight is 673 g/mol. The van der Waals surface area contributed by atoms with Crippen LogP contribution in [0.4, 0.5) is 11.4 Å². The summed E-state index contributed by atoms with van der Waals surface area (Å²) in [5, 5.41) is 24.3. The highest BCUT2D eigenvalue weighted by molar-refractivity contribution is 7.26. The Hall–Kier alpha value is -6.14. The largest absolute Gasteiger partial charge is 0.330 e. The Balaban J connectivity index is 1.21. The molecule has 10 rings (SSSR count). The lowest BCUT2D eigenvalue weighted by Crippen LogP contribution is -2.43. The zero-order valence-corrected chi connectivity index (χ0v) is 29.1. The zero-order chi connectivity index (χ0) is 34.4. The number of rotatable bonds is 3. The molecule has 1 aliphatic heterocycles. The zero-order valence-electron chi connectivity index (χ0n) is 28.3. The summed E-state index contributed by atoms with van der Waals surface area (Å²) in [4.78, 5) is 2.60. The lowest BCUT2D eigenvalue weighted by atomic mass is 9.73. The first-order valence-corrected chi connectivity index (χ1v) is 18.3. The number of para-hydroxylation sites is 2. The Bertz CT molecular complexity index is 2860. The summed E-state index contributed by atoms with van der Waals surface area (Å²) in [5.74, 6) is 0.950. The second-order valence-corrected chi connectivity index (χ2v) is 15.3. The molecule has 2 aliphatic rings. The van der Waals surface area contributed by atoms with Crippen molar-refractivity contribution in [3.63, 3.8) is 0 Å². The van der Waals surface area contributed by atoms with E-state index in [1.54, 1.807) is 0 Å². The summed E-state index contributed by atoms with van der Waals surface area (Å²) < 4.78 is 4.84. The van der Waals surface area contributed by atoms with Gasteiger partial charge in [0.05, 0.1) is 55.9 Å². The summed E-state index contributed by atoms with van der Waals surface area (Å²) in [6.45, 7) is 4.74. The van der Waals surface area contributed by atoms with Gasteiger partial charge < -0.3 is 9.47 Å². The molecule has 5 heteroatoms. The molecule has 1 aliphatic carbocycles. The van der Waals surface area contributed by atoms with Crippen molar-refractivity contribution in [2.75, 3.05) is 4.90 Å². The van der Waals surface area contributed by atoms with Crippen LogP contribution in [0.2, 0.25) is 0 Å². The van der Waals surface area contributed by atoms with Crippen LogP contribution >= 0.6 is 11.3 Å². The third kappa shape index (κ3) is 4.23. The van der Waals surface area contributed by atoms with Crippen LogP contribution in [-0.2, 0) is 0 Å². The maximum atomic E-state index is 10.0. The number of nitriles is 2. The van der Waals surface area contributed by atoms with E-state index in [-0.39, 0.29) is 5.54 Å². The van der Waals surface area contributed by atoms with Gasteiger partial charge in [0.25, 0.3) is 0 Å². The first-order chi connectivity index (χ1) is 25.0. The molecule has 3 heterocycles. The minimum atomic E-state index is -0.139. The van der Waals surface area contributed by atoms with Crippen LogP contribution in [-0.4, -0.2) is 10.1 Å². The van der Waals surface area contributed by atoms with Crippen molar-refractivity contribution in [2.45, 2.75) is 31.7 Å². The van der Waals surface area contributed by atoms with E-state index in [0.717, 1.165) is 45.0 Å². The van der Waals surface area contributed by atoms with E-state index in [9.17, 15) is 10.5 Å². The fourth-order valence-corrected chi connectivity index (χ4v) is 10.1. The average Bonchev–Trinajstić information content (AvgIpc) is 3.80. The third-order valence-corrected chi connectivity index (χ3v) is 12.5. The van der Waals surface area contributed by atoms with Crippen LogP contribution in [0.1, 0.15) is 42.9 Å². The van der Waals surface area contributed by atoms with E-state index in [1.165, 1.54) is 37.1 Å². The summed E-state index contributed by atoms with van der Waals surface area (Å²) in [7, 11) is 0. The molecular formula is C46H32N4S. The van der Waals surface area contributed by atoms with Gasteiger partial charge in [0.1, 0.15) is 0 Å². The second kappa shape index (κ2) is 10.9. The van der Waals surface area contributed by atoms with E-state index in [4.69, 9.17) is 0 Å². The Morgan fingerprint density at radius 1 is 0.725 bits per heavy atom. The van der Waals surface area contributed by atoms with Gasteiger partial charge in [-0.3, -0.25) is 0 Å². The molecule has 2 aromatic heterocycles. The van der Waals surface area contributed by atoms with Crippen molar-refractivity contribution in [2.24, 2.45) is 5.92 Å². The fourth-order valence-electron chi connectivity index (χ4n) is 8.91. The van der Waals surface area contributed by atoms with Gasteiger partial charge in [-0.1, -0.05) is 79.7 Å². The van der Waals surface area contributed by atoms with Crippen molar-refractivity contribution in [1.29, 1.82) is 10.5 Å². The lowest BCUT2D eigenvalue weighted by Gasteiger charge is -2.42. The highest BCUT2D eigenvalue weighted by Gasteiger charge is 2.50. The molecule has 4 nitrogen and oxygen atoms in total. The van der Waals surface area contributed by atoms with Crippen molar-refractivity contribution in [1.82, 2.24) is 4.57 Å². The molecule has 0 saturated carbocycles. The predicted octanol–water partition coefficient (Wildman–Crippen LogP) is 12.2. The van der Waals surface area contributed by atoms with E-state index in [1.807, 2.05) is 53.8 Å². The van der Waals surface area contributed by atoms with Crippen molar-refractivity contribution < 1.29 is 0 Å². The van der Waals surface area contributed by atoms with Crippen LogP contribution in [0.3, 0.4) is 0 Å². The molecule has 0 bridgehead atoms. The van der Waals surface area contributed by atoms with Gasteiger partial charge in [-0.15, -0.1) is 11.3 Å². The number of thiophene rings is 1. The normalized spacial score (nSPS) is 19.4. The van der Waals surface area contributed by atoms with Gasteiger partial charge in [-0.05, 0) is 91.1 Å². The number of benzene rings is 6. The number of hydrogen-bond donors (Lipinski definition) is 0. The lowest BCUT2D eigenvalue weighted by molar-refractivity contribution is 0.395. The van der Waals surface area contributed by atoms with E-state index < -0.39 is 0 Å². The number of fused-ring (bicyclic) bond motifs is 10. The van der Waals surface area contributed by atoms with Gasteiger partial charge in [0.15, 0.2) is 0 Å². The third-order valence-electron chi connectivity index (χ3n) is 11.3. The molecule has 0 amide bonds. The summed E-state index contributed by atoms with van der Waals surface area (Å²) in [6, 6.07) is 47.3. The molecule has 0 radical (unpaired) electrons. The first-order valence-electron chi connectivity index (χ1n) is 17.5. The second-order valence-electron chi connectivity index (χ2n) is 14.3. The van der Waals surface area contributed by atoms with Gasteiger partial charge >= 0.3 is 0 Å². The Kier molecular flexibility index (Phi) is 6.38. The topological polar surface area (TPSA) is 55.8 Å². The Morgan fingerprint density at radius 2 is 1.49 bits per heavy atom. The smallest absolute Gasteiger partial charge is 0.0992 e. The molecule has 0 spiro atoms. The molecule has 0 N–H and O–H groups in total. The first kappa shape index (κ1) is 29.7. The molecule has 242 valence electrons.